The van der Waals surface area contributed by atoms with E-state index in [0.717, 1.165) is 13.1 Å². The standard InChI is InChI=1S/C15H19BrN2S/c1-18(2)14(15-8-5-9-19-15)11-17-10-12-6-3-4-7-13(12)16/h3-9,14,17H,10-11H2,1-2H3. The number of halogens is 1. The van der Waals surface area contributed by atoms with Crippen molar-refractivity contribution in [2.45, 2.75) is 12.6 Å². The molecule has 0 spiro atoms. The van der Waals surface area contributed by atoms with Gasteiger partial charge in [0.05, 0.1) is 6.04 Å². The van der Waals surface area contributed by atoms with Crippen LogP contribution in [0.15, 0.2) is 46.3 Å². The first-order valence-corrected chi connectivity index (χ1v) is 7.99. The molecule has 102 valence electrons. The van der Waals surface area contributed by atoms with Gasteiger partial charge in [0, 0.05) is 22.4 Å². The molecule has 0 aliphatic rings. The highest BCUT2D eigenvalue weighted by atomic mass is 79.9. The third-order valence-electron chi connectivity index (χ3n) is 3.11. The Labute approximate surface area is 127 Å². The van der Waals surface area contributed by atoms with Crippen LogP contribution in [0.3, 0.4) is 0 Å². The molecule has 0 radical (unpaired) electrons. The zero-order chi connectivity index (χ0) is 13.7. The summed E-state index contributed by atoms with van der Waals surface area (Å²) in [4.78, 5) is 3.67. The van der Waals surface area contributed by atoms with Gasteiger partial charge < -0.3 is 10.2 Å². The Hall–Kier alpha value is -0.680. The smallest absolute Gasteiger partial charge is 0.0561 e. The lowest BCUT2D eigenvalue weighted by Crippen LogP contribution is -2.30. The maximum Gasteiger partial charge on any atom is 0.0561 e. The molecule has 0 saturated carbocycles. The van der Waals surface area contributed by atoms with Crippen LogP contribution in [-0.4, -0.2) is 25.5 Å². The average Bonchev–Trinajstić information content (AvgIpc) is 2.89. The molecule has 1 aromatic heterocycles. The van der Waals surface area contributed by atoms with Gasteiger partial charge >= 0.3 is 0 Å². The van der Waals surface area contributed by atoms with Crippen molar-refractivity contribution >= 4 is 27.3 Å². The summed E-state index contributed by atoms with van der Waals surface area (Å²) in [5.74, 6) is 0. The Morgan fingerprint density at radius 1 is 1.21 bits per heavy atom. The van der Waals surface area contributed by atoms with Crippen molar-refractivity contribution in [2.24, 2.45) is 0 Å². The van der Waals surface area contributed by atoms with Crippen molar-refractivity contribution in [1.82, 2.24) is 10.2 Å². The Kier molecular flexibility index (Phi) is 5.58. The van der Waals surface area contributed by atoms with Gasteiger partial charge in [0.2, 0.25) is 0 Å². The fourth-order valence-corrected chi connectivity index (χ4v) is 3.35. The largest absolute Gasteiger partial charge is 0.311 e. The molecule has 0 saturated heterocycles. The molecule has 1 unspecified atom stereocenters. The van der Waals surface area contributed by atoms with Crippen LogP contribution < -0.4 is 5.32 Å². The first-order chi connectivity index (χ1) is 9.18. The summed E-state index contributed by atoms with van der Waals surface area (Å²) in [6.45, 7) is 1.84. The van der Waals surface area contributed by atoms with Crippen LogP contribution in [0.5, 0.6) is 0 Å². The topological polar surface area (TPSA) is 15.3 Å². The molecular formula is C15H19BrN2S. The Bertz CT molecular complexity index is 497. The molecule has 0 fully saturated rings. The second kappa shape index (κ2) is 7.20. The number of hydrogen-bond acceptors (Lipinski definition) is 3. The van der Waals surface area contributed by atoms with E-state index in [1.807, 2.05) is 17.4 Å². The predicted molar refractivity (Wildman–Crippen MR) is 86.6 cm³/mol. The normalized spacial score (nSPS) is 12.8. The Morgan fingerprint density at radius 2 is 2.00 bits per heavy atom. The molecule has 2 rings (SSSR count). The van der Waals surface area contributed by atoms with E-state index < -0.39 is 0 Å². The molecule has 1 N–H and O–H groups in total. The van der Waals surface area contributed by atoms with Crippen LogP contribution in [0.1, 0.15) is 16.5 Å². The molecule has 1 aromatic carbocycles. The predicted octanol–water partition coefficient (Wildman–Crippen LogP) is 3.90. The van der Waals surface area contributed by atoms with E-state index in [1.165, 1.54) is 14.9 Å². The fraction of sp³-hybridized carbons (Fsp3) is 0.333. The highest BCUT2D eigenvalue weighted by Crippen LogP contribution is 2.22. The lowest BCUT2D eigenvalue weighted by molar-refractivity contribution is 0.292. The van der Waals surface area contributed by atoms with Crippen molar-refractivity contribution in [3.8, 4) is 0 Å². The molecule has 1 heterocycles. The molecule has 0 aliphatic carbocycles. The highest BCUT2D eigenvalue weighted by Gasteiger charge is 2.14. The molecular weight excluding hydrogens is 320 g/mol. The third-order valence-corrected chi connectivity index (χ3v) is 4.85. The lowest BCUT2D eigenvalue weighted by Gasteiger charge is -2.23. The fourth-order valence-electron chi connectivity index (χ4n) is 2.00. The number of nitrogens with one attached hydrogen (secondary N) is 1. The van der Waals surface area contributed by atoms with Crippen molar-refractivity contribution in [3.05, 3.63) is 56.7 Å². The van der Waals surface area contributed by atoms with Crippen LogP contribution >= 0.6 is 27.3 Å². The van der Waals surface area contributed by atoms with Gasteiger partial charge in [-0.2, -0.15) is 0 Å². The van der Waals surface area contributed by atoms with Gasteiger partial charge in [-0.1, -0.05) is 40.2 Å². The van der Waals surface area contributed by atoms with E-state index in [4.69, 9.17) is 0 Å². The molecule has 0 amide bonds. The van der Waals surface area contributed by atoms with Gasteiger partial charge in [-0.25, -0.2) is 0 Å². The van der Waals surface area contributed by atoms with E-state index in [1.54, 1.807) is 0 Å². The molecule has 4 heteroatoms. The number of thiophene rings is 1. The van der Waals surface area contributed by atoms with Gasteiger partial charge in [0.1, 0.15) is 0 Å². The van der Waals surface area contributed by atoms with Gasteiger partial charge in [-0.15, -0.1) is 11.3 Å². The second-order valence-corrected chi connectivity index (χ2v) is 6.55. The number of hydrogen-bond donors (Lipinski definition) is 1. The number of likely N-dealkylation sites (N-methyl/N-ethyl adjacent to an activating group) is 1. The first-order valence-electron chi connectivity index (χ1n) is 6.32. The monoisotopic (exact) mass is 338 g/mol. The van der Waals surface area contributed by atoms with E-state index in [9.17, 15) is 0 Å². The molecule has 0 aliphatic heterocycles. The summed E-state index contributed by atoms with van der Waals surface area (Å²) >= 11 is 5.40. The zero-order valence-corrected chi connectivity index (χ0v) is 13.7. The Morgan fingerprint density at radius 3 is 2.63 bits per heavy atom. The van der Waals surface area contributed by atoms with Crippen molar-refractivity contribution in [2.75, 3.05) is 20.6 Å². The van der Waals surface area contributed by atoms with E-state index in [-0.39, 0.29) is 0 Å². The van der Waals surface area contributed by atoms with E-state index >= 15 is 0 Å². The van der Waals surface area contributed by atoms with Crippen molar-refractivity contribution in [3.63, 3.8) is 0 Å². The van der Waals surface area contributed by atoms with Crippen LogP contribution in [0, 0.1) is 0 Å². The van der Waals surface area contributed by atoms with Gasteiger partial charge in [0.25, 0.3) is 0 Å². The minimum atomic E-state index is 0.433. The SMILES string of the molecule is CN(C)C(CNCc1ccccc1Br)c1cccs1. The van der Waals surface area contributed by atoms with Crippen molar-refractivity contribution < 1.29 is 0 Å². The minimum Gasteiger partial charge on any atom is -0.311 e. The summed E-state index contributed by atoms with van der Waals surface area (Å²) in [6, 6.07) is 13.1. The summed E-state index contributed by atoms with van der Waals surface area (Å²) in [6.07, 6.45) is 0. The maximum absolute atomic E-state index is 3.58. The molecule has 2 nitrogen and oxygen atoms in total. The minimum absolute atomic E-state index is 0.433. The zero-order valence-electron chi connectivity index (χ0n) is 11.3. The summed E-state index contributed by atoms with van der Waals surface area (Å²) < 4.78 is 1.17. The number of rotatable bonds is 6. The summed E-state index contributed by atoms with van der Waals surface area (Å²) in [7, 11) is 4.26. The number of benzene rings is 1. The van der Waals surface area contributed by atoms with E-state index in [2.05, 4.69) is 76.0 Å². The molecule has 19 heavy (non-hydrogen) atoms. The van der Waals surface area contributed by atoms with Crippen LogP contribution in [-0.2, 0) is 6.54 Å². The molecule has 2 aromatic rings. The first kappa shape index (κ1) is 14.7. The average molecular weight is 339 g/mol. The summed E-state index contributed by atoms with van der Waals surface area (Å²) in [5.41, 5.74) is 1.30. The van der Waals surface area contributed by atoms with Crippen LogP contribution in [0.25, 0.3) is 0 Å². The lowest BCUT2D eigenvalue weighted by atomic mass is 10.2. The Balaban J connectivity index is 1.92. The third kappa shape index (κ3) is 4.14. The second-order valence-electron chi connectivity index (χ2n) is 4.72. The van der Waals surface area contributed by atoms with Gasteiger partial charge in [-0.3, -0.25) is 0 Å². The van der Waals surface area contributed by atoms with Crippen molar-refractivity contribution in [1.29, 1.82) is 0 Å². The molecule has 0 bridgehead atoms. The molecule has 1 atom stereocenters. The van der Waals surface area contributed by atoms with Gasteiger partial charge in [0.15, 0.2) is 0 Å². The summed E-state index contributed by atoms with van der Waals surface area (Å²) in [5, 5.41) is 5.69. The van der Waals surface area contributed by atoms with Crippen LogP contribution in [0.4, 0.5) is 0 Å². The number of nitrogens with zero attached hydrogens (tertiary/aromatic N) is 1. The van der Waals surface area contributed by atoms with E-state index in [0.29, 0.717) is 6.04 Å². The maximum atomic E-state index is 3.58. The highest BCUT2D eigenvalue weighted by molar-refractivity contribution is 9.10. The quantitative estimate of drug-likeness (QED) is 0.859. The van der Waals surface area contributed by atoms with Crippen LogP contribution in [0.2, 0.25) is 0 Å². The van der Waals surface area contributed by atoms with Gasteiger partial charge in [-0.05, 0) is 37.2 Å².